The van der Waals surface area contributed by atoms with Crippen LogP contribution in [-0.2, 0) is 16.0 Å². The first-order chi connectivity index (χ1) is 8.27. The minimum absolute atomic E-state index is 0.0686. The number of carbonyl (C=O) groups is 1. The van der Waals surface area contributed by atoms with E-state index in [4.69, 9.17) is 10.5 Å². The zero-order valence-electron chi connectivity index (χ0n) is 10.4. The lowest BCUT2D eigenvalue weighted by molar-refractivity contribution is -0.148. The van der Waals surface area contributed by atoms with Crippen LogP contribution in [0.15, 0.2) is 30.3 Å². The molecule has 0 aliphatic carbocycles. The molecular weight excluding hydrogens is 214 g/mol. The SMILES string of the molecule is CCOC(=O)C(CCCN)Cc1ccccc1. The van der Waals surface area contributed by atoms with E-state index >= 15 is 0 Å². The molecule has 1 aromatic carbocycles. The number of nitrogens with two attached hydrogens (primary N) is 1. The van der Waals surface area contributed by atoms with Crippen molar-refractivity contribution in [3.05, 3.63) is 35.9 Å². The summed E-state index contributed by atoms with van der Waals surface area (Å²) in [6.45, 7) is 2.89. The van der Waals surface area contributed by atoms with E-state index in [0.717, 1.165) is 19.3 Å². The largest absolute Gasteiger partial charge is 0.466 e. The summed E-state index contributed by atoms with van der Waals surface area (Å²) in [5, 5.41) is 0. The van der Waals surface area contributed by atoms with Crippen molar-refractivity contribution in [3.8, 4) is 0 Å². The molecule has 1 atom stereocenters. The fourth-order valence-electron chi connectivity index (χ4n) is 1.83. The second-order valence-corrected chi connectivity index (χ2v) is 4.07. The van der Waals surface area contributed by atoms with Gasteiger partial charge in [-0.1, -0.05) is 30.3 Å². The Bertz CT molecular complexity index is 324. The van der Waals surface area contributed by atoms with E-state index in [9.17, 15) is 4.79 Å². The van der Waals surface area contributed by atoms with Crippen LogP contribution < -0.4 is 5.73 Å². The van der Waals surface area contributed by atoms with Crippen molar-refractivity contribution in [1.29, 1.82) is 0 Å². The number of benzene rings is 1. The minimum atomic E-state index is -0.107. The molecule has 1 rings (SSSR count). The van der Waals surface area contributed by atoms with E-state index in [1.54, 1.807) is 0 Å². The van der Waals surface area contributed by atoms with Gasteiger partial charge in [0, 0.05) is 0 Å². The number of carbonyl (C=O) groups excluding carboxylic acids is 1. The molecule has 1 unspecified atom stereocenters. The molecule has 0 bridgehead atoms. The first kappa shape index (κ1) is 13.7. The standard InChI is InChI=1S/C14H21NO2/c1-2-17-14(16)13(9-6-10-15)11-12-7-4-3-5-8-12/h3-5,7-8,13H,2,6,9-11,15H2,1H3. The lowest BCUT2D eigenvalue weighted by atomic mass is 9.95. The summed E-state index contributed by atoms with van der Waals surface area (Å²) in [5.74, 6) is -0.175. The van der Waals surface area contributed by atoms with Crippen molar-refractivity contribution in [2.45, 2.75) is 26.2 Å². The molecular formula is C14H21NO2. The van der Waals surface area contributed by atoms with Gasteiger partial charge in [-0.2, -0.15) is 0 Å². The highest BCUT2D eigenvalue weighted by atomic mass is 16.5. The molecule has 3 nitrogen and oxygen atoms in total. The van der Waals surface area contributed by atoms with Crippen molar-refractivity contribution >= 4 is 5.97 Å². The third kappa shape index (κ3) is 5.00. The number of ether oxygens (including phenoxy) is 1. The minimum Gasteiger partial charge on any atom is -0.466 e. The van der Waals surface area contributed by atoms with Gasteiger partial charge in [0.05, 0.1) is 12.5 Å². The van der Waals surface area contributed by atoms with Gasteiger partial charge >= 0.3 is 5.97 Å². The maximum Gasteiger partial charge on any atom is 0.309 e. The molecule has 0 radical (unpaired) electrons. The molecule has 17 heavy (non-hydrogen) atoms. The van der Waals surface area contributed by atoms with E-state index in [1.807, 2.05) is 37.3 Å². The Labute approximate surface area is 103 Å². The molecule has 0 aliphatic rings. The quantitative estimate of drug-likeness (QED) is 0.737. The third-order valence-corrected chi connectivity index (χ3v) is 2.70. The van der Waals surface area contributed by atoms with E-state index in [2.05, 4.69) is 0 Å². The molecule has 94 valence electrons. The number of hydrogen-bond donors (Lipinski definition) is 1. The topological polar surface area (TPSA) is 52.3 Å². The van der Waals surface area contributed by atoms with Crippen LogP contribution in [0.4, 0.5) is 0 Å². The molecule has 0 saturated carbocycles. The lowest BCUT2D eigenvalue weighted by Gasteiger charge is -2.15. The summed E-state index contributed by atoms with van der Waals surface area (Å²) in [5.41, 5.74) is 6.66. The van der Waals surface area contributed by atoms with E-state index in [0.29, 0.717) is 13.2 Å². The summed E-state index contributed by atoms with van der Waals surface area (Å²) in [4.78, 5) is 11.8. The molecule has 1 aromatic rings. The molecule has 2 N–H and O–H groups in total. The first-order valence-electron chi connectivity index (χ1n) is 6.18. The normalized spacial score (nSPS) is 12.1. The zero-order chi connectivity index (χ0) is 12.5. The monoisotopic (exact) mass is 235 g/mol. The van der Waals surface area contributed by atoms with E-state index in [-0.39, 0.29) is 11.9 Å². The highest BCUT2D eigenvalue weighted by Gasteiger charge is 2.19. The Hall–Kier alpha value is -1.35. The second kappa shape index (κ2) is 7.85. The Morgan fingerprint density at radius 3 is 2.65 bits per heavy atom. The highest BCUT2D eigenvalue weighted by Crippen LogP contribution is 2.15. The van der Waals surface area contributed by atoms with Crippen LogP contribution in [-0.4, -0.2) is 19.1 Å². The van der Waals surface area contributed by atoms with Crippen molar-refractivity contribution in [2.75, 3.05) is 13.2 Å². The number of esters is 1. The van der Waals surface area contributed by atoms with Crippen LogP contribution in [0.3, 0.4) is 0 Å². The molecule has 0 aliphatic heterocycles. The molecule has 0 amide bonds. The Balaban J connectivity index is 2.59. The Morgan fingerprint density at radius 1 is 1.35 bits per heavy atom. The predicted octanol–water partition coefficient (Wildman–Crippen LogP) is 2.15. The first-order valence-corrected chi connectivity index (χ1v) is 6.18. The summed E-state index contributed by atoms with van der Waals surface area (Å²) in [6.07, 6.45) is 2.39. The van der Waals surface area contributed by atoms with Gasteiger partial charge in [0.1, 0.15) is 0 Å². The third-order valence-electron chi connectivity index (χ3n) is 2.70. The zero-order valence-corrected chi connectivity index (χ0v) is 10.4. The molecule has 0 aromatic heterocycles. The van der Waals surface area contributed by atoms with Gasteiger partial charge in [-0.3, -0.25) is 4.79 Å². The second-order valence-electron chi connectivity index (χ2n) is 4.07. The Morgan fingerprint density at radius 2 is 2.06 bits per heavy atom. The van der Waals surface area contributed by atoms with Crippen molar-refractivity contribution in [3.63, 3.8) is 0 Å². The highest BCUT2D eigenvalue weighted by molar-refractivity contribution is 5.72. The fraction of sp³-hybridized carbons (Fsp3) is 0.500. The lowest BCUT2D eigenvalue weighted by Crippen LogP contribution is -2.21. The summed E-state index contributed by atoms with van der Waals surface area (Å²) >= 11 is 0. The molecule has 0 spiro atoms. The van der Waals surface area contributed by atoms with E-state index < -0.39 is 0 Å². The summed E-state index contributed by atoms with van der Waals surface area (Å²) < 4.78 is 5.09. The van der Waals surface area contributed by atoms with Crippen LogP contribution in [0.5, 0.6) is 0 Å². The van der Waals surface area contributed by atoms with Crippen molar-refractivity contribution in [1.82, 2.24) is 0 Å². The molecule has 3 heteroatoms. The molecule has 0 heterocycles. The van der Waals surface area contributed by atoms with Crippen LogP contribution in [0.1, 0.15) is 25.3 Å². The van der Waals surface area contributed by atoms with Crippen molar-refractivity contribution < 1.29 is 9.53 Å². The number of rotatable bonds is 7. The van der Waals surface area contributed by atoms with Gasteiger partial charge < -0.3 is 10.5 Å². The summed E-state index contributed by atoms with van der Waals surface area (Å²) in [6, 6.07) is 10.0. The smallest absolute Gasteiger partial charge is 0.309 e. The van der Waals surface area contributed by atoms with Gasteiger partial charge in [-0.15, -0.1) is 0 Å². The molecule has 0 saturated heterocycles. The van der Waals surface area contributed by atoms with Crippen molar-refractivity contribution in [2.24, 2.45) is 11.7 Å². The Kier molecular flexibility index (Phi) is 6.33. The van der Waals surface area contributed by atoms with Gasteiger partial charge in [-0.05, 0) is 38.3 Å². The van der Waals surface area contributed by atoms with Gasteiger partial charge in [0.25, 0.3) is 0 Å². The van der Waals surface area contributed by atoms with Crippen LogP contribution in [0.25, 0.3) is 0 Å². The maximum atomic E-state index is 11.8. The van der Waals surface area contributed by atoms with Gasteiger partial charge in [0.2, 0.25) is 0 Å². The van der Waals surface area contributed by atoms with Gasteiger partial charge in [0.15, 0.2) is 0 Å². The maximum absolute atomic E-state index is 11.8. The molecule has 0 fully saturated rings. The number of hydrogen-bond acceptors (Lipinski definition) is 3. The van der Waals surface area contributed by atoms with E-state index in [1.165, 1.54) is 5.56 Å². The van der Waals surface area contributed by atoms with Crippen LogP contribution in [0, 0.1) is 5.92 Å². The average Bonchev–Trinajstić information content (AvgIpc) is 2.36. The average molecular weight is 235 g/mol. The summed E-state index contributed by atoms with van der Waals surface area (Å²) in [7, 11) is 0. The van der Waals surface area contributed by atoms with Crippen LogP contribution >= 0.6 is 0 Å². The fourth-order valence-corrected chi connectivity index (χ4v) is 1.83. The van der Waals surface area contributed by atoms with Crippen LogP contribution in [0.2, 0.25) is 0 Å². The van der Waals surface area contributed by atoms with Gasteiger partial charge in [-0.25, -0.2) is 0 Å². The predicted molar refractivity (Wildman–Crippen MR) is 68.6 cm³/mol.